The second-order valence-corrected chi connectivity index (χ2v) is 5.82. The van der Waals surface area contributed by atoms with Crippen LogP contribution in [-0.4, -0.2) is 32.0 Å². The predicted molar refractivity (Wildman–Crippen MR) is 86.8 cm³/mol. The van der Waals surface area contributed by atoms with E-state index in [0.29, 0.717) is 12.1 Å². The Hall–Kier alpha value is -2.24. The van der Waals surface area contributed by atoms with E-state index in [2.05, 4.69) is 30.6 Å². The van der Waals surface area contributed by atoms with Crippen molar-refractivity contribution >= 4 is 11.6 Å². The summed E-state index contributed by atoms with van der Waals surface area (Å²) in [5.41, 5.74) is 0. The summed E-state index contributed by atoms with van der Waals surface area (Å²) < 4.78 is 0. The first-order valence-corrected chi connectivity index (χ1v) is 7.81. The first kappa shape index (κ1) is 14.7. The van der Waals surface area contributed by atoms with Crippen molar-refractivity contribution in [3.8, 4) is 0 Å². The van der Waals surface area contributed by atoms with Crippen molar-refractivity contribution in [2.45, 2.75) is 51.6 Å². The van der Waals surface area contributed by atoms with Crippen LogP contribution in [0.25, 0.3) is 0 Å². The zero-order valence-corrected chi connectivity index (χ0v) is 13.1. The average Bonchev–Trinajstić information content (AvgIpc) is 2.49. The van der Waals surface area contributed by atoms with Crippen LogP contribution in [0.2, 0.25) is 0 Å². The van der Waals surface area contributed by atoms with Gasteiger partial charge in [-0.1, -0.05) is 0 Å². The summed E-state index contributed by atoms with van der Waals surface area (Å²) in [5, 5.41) is 7.02. The highest BCUT2D eigenvalue weighted by molar-refractivity contribution is 5.36. The molecule has 1 aliphatic carbocycles. The molecule has 2 aromatic rings. The van der Waals surface area contributed by atoms with E-state index in [4.69, 9.17) is 0 Å². The summed E-state index contributed by atoms with van der Waals surface area (Å²) in [7, 11) is 0. The Bertz CT molecular complexity index is 566. The minimum absolute atomic E-state index is 0.486. The molecule has 0 aromatic carbocycles. The number of anilines is 2. The van der Waals surface area contributed by atoms with Gasteiger partial charge in [0, 0.05) is 24.5 Å². The van der Waals surface area contributed by atoms with Gasteiger partial charge in [-0.3, -0.25) is 0 Å². The van der Waals surface area contributed by atoms with Gasteiger partial charge in [0.1, 0.15) is 23.3 Å². The zero-order valence-electron chi connectivity index (χ0n) is 13.1. The Morgan fingerprint density at radius 3 is 1.55 bits per heavy atom. The standard InChI is InChI=1S/C16H22N6/c1-11-17-9-7-15(19-11)21-13-3-5-14(6-4-13)22-16-8-10-18-12(2)20-16/h7-10,13-14H,3-6H2,1-2H3,(H,17,19,21)(H,18,20,22). The summed E-state index contributed by atoms with van der Waals surface area (Å²) in [5.74, 6) is 3.46. The molecule has 1 saturated carbocycles. The number of nitrogens with zero attached hydrogens (tertiary/aromatic N) is 4. The number of hydrogen-bond donors (Lipinski definition) is 2. The summed E-state index contributed by atoms with van der Waals surface area (Å²) in [6.07, 6.45) is 8.12. The lowest BCUT2D eigenvalue weighted by Gasteiger charge is -2.30. The fourth-order valence-corrected chi connectivity index (χ4v) is 2.87. The maximum absolute atomic E-state index is 4.41. The molecule has 2 N–H and O–H groups in total. The summed E-state index contributed by atoms with van der Waals surface area (Å²) in [6, 6.07) is 4.83. The van der Waals surface area contributed by atoms with Gasteiger partial charge in [0.2, 0.25) is 0 Å². The fourth-order valence-electron chi connectivity index (χ4n) is 2.87. The van der Waals surface area contributed by atoms with Crippen molar-refractivity contribution in [2.75, 3.05) is 10.6 Å². The van der Waals surface area contributed by atoms with Gasteiger partial charge in [-0.15, -0.1) is 0 Å². The molecule has 2 aromatic heterocycles. The van der Waals surface area contributed by atoms with E-state index in [1.54, 1.807) is 12.4 Å². The van der Waals surface area contributed by atoms with Crippen molar-refractivity contribution in [1.29, 1.82) is 0 Å². The van der Waals surface area contributed by atoms with Crippen LogP contribution >= 0.6 is 0 Å². The Morgan fingerprint density at radius 1 is 0.773 bits per heavy atom. The van der Waals surface area contributed by atoms with E-state index in [9.17, 15) is 0 Å². The van der Waals surface area contributed by atoms with Crippen molar-refractivity contribution in [3.05, 3.63) is 36.2 Å². The number of hydrogen-bond acceptors (Lipinski definition) is 6. The van der Waals surface area contributed by atoms with Crippen LogP contribution in [-0.2, 0) is 0 Å². The smallest absolute Gasteiger partial charge is 0.129 e. The summed E-state index contributed by atoms with van der Waals surface area (Å²) in [6.45, 7) is 3.82. The summed E-state index contributed by atoms with van der Waals surface area (Å²) in [4.78, 5) is 17.1. The van der Waals surface area contributed by atoms with E-state index in [-0.39, 0.29) is 0 Å². The number of aryl methyl sites for hydroxylation is 2. The van der Waals surface area contributed by atoms with E-state index in [1.807, 2.05) is 26.0 Å². The second kappa shape index (κ2) is 6.68. The van der Waals surface area contributed by atoms with E-state index >= 15 is 0 Å². The molecular weight excluding hydrogens is 276 g/mol. The maximum Gasteiger partial charge on any atom is 0.129 e. The van der Waals surface area contributed by atoms with E-state index in [0.717, 1.165) is 49.0 Å². The molecular formula is C16H22N6. The van der Waals surface area contributed by atoms with Gasteiger partial charge in [0.15, 0.2) is 0 Å². The lowest BCUT2D eigenvalue weighted by molar-refractivity contribution is 0.427. The predicted octanol–water partition coefficient (Wildman–Crippen LogP) is 2.72. The highest BCUT2D eigenvalue weighted by Gasteiger charge is 2.21. The monoisotopic (exact) mass is 298 g/mol. The Kier molecular flexibility index (Phi) is 4.46. The van der Waals surface area contributed by atoms with Crippen LogP contribution in [0.5, 0.6) is 0 Å². The van der Waals surface area contributed by atoms with Gasteiger partial charge in [-0.2, -0.15) is 0 Å². The van der Waals surface area contributed by atoms with Crippen LogP contribution in [0.15, 0.2) is 24.5 Å². The Balaban J connectivity index is 1.50. The molecule has 0 spiro atoms. The molecule has 1 fully saturated rings. The lowest BCUT2D eigenvalue weighted by Crippen LogP contribution is -2.32. The van der Waals surface area contributed by atoms with Crippen molar-refractivity contribution in [1.82, 2.24) is 19.9 Å². The number of aromatic nitrogens is 4. The third-order valence-electron chi connectivity index (χ3n) is 3.98. The Labute approximate surface area is 130 Å². The number of nitrogens with one attached hydrogen (secondary N) is 2. The van der Waals surface area contributed by atoms with Crippen LogP contribution in [0, 0.1) is 13.8 Å². The molecule has 6 nitrogen and oxygen atoms in total. The van der Waals surface area contributed by atoms with Crippen molar-refractivity contribution < 1.29 is 0 Å². The van der Waals surface area contributed by atoms with Crippen LogP contribution in [0.1, 0.15) is 37.3 Å². The molecule has 0 radical (unpaired) electrons. The molecule has 1 aliphatic rings. The van der Waals surface area contributed by atoms with Gasteiger partial charge in [-0.05, 0) is 51.7 Å². The van der Waals surface area contributed by atoms with Crippen LogP contribution < -0.4 is 10.6 Å². The third kappa shape index (κ3) is 3.90. The molecule has 0 aliphatic heterocycles. The van der Waals surface area contributed by atoms with Crippen LogP contribution in [0.3, 0.4) is 0 Å². The van der Waals surface area contributed by atoms with Gasteiger partial charge in [0.05, 0.1) is 0 Å². The van der Waals surface area contributed by atoms with Crippen molar-refractivity contribution in [2.24, 2.45) is 0 Å². The first-order chi connectivity index (χ1) is 10.7. The highest BCUT2D eigenvalue weighted by Crippen LogP contribution is 2.23. The molecule has 116 valence electrons. The minimum Gasteiger partial charge on any atom is -0.367 e. The van der Waals surface area contributed by atoms with E-state index in [1.165, 1.54) is 0 Å². The number of rotatable bonds is 4. The van der Waals surface area contributed by atoms with Gasteiger partial charge in [0.25, 0.3) is 0 Å². The third-order valence-corrected chi connectivity index (χ3v) is 3.98. The van der Waals surface area contributed by atoms with Crippen molar-refractivity contribution in [3.63, 3.8) is 0 Å². The molecule has 0 saturated heterocycles. The molecule has 6 heteroatoms. The first-order valence-electron chi connectivity index (χ1n) is 7.81. The second-order valence-electron chi connectivity index (χ2n) is 5.82. The molecule has 0 atom stereocenters. The largest absolute Gasteiger partial charge is 0.367 e. The fraction of sp³-hybridized carbons (Fsp3) is 0.500. The minimum atomic E-state index is 0.486. The zero-order chi connectivity index (χ0) is 15.4. The average molecular weight is 298 g/mol. The van der Waals surface area contributed by atoms with Gasteiger partial charge in [-0.25, -0.2) is 19.9 Å². The molecule has 22 heavy (non-hydrogen) atoms. The maximum atomic E-state index is 4.41. The molecule has 0 unspecified atom stereocenters. The molecule has 2 heterocycles. The van der Waals surface area contributed by atoms with E-state index < -0.39 is 0 Å². The summed E-state index contributed by atoms with van der Waals surface area (Å²) >= 11 is 0. The molecule has 0 amide bonds. The lowest BCUT2D eigenvalue weighted by atomic mass is 9.91. The van der Waals surface area contributed by atoms with Crippen LogP contribution in [0.4, 0.5) is 11.6 Å². The SMILES string of the molecule is Cc1nccc(NC2CCC(Nc3ccnc(C)n3)CC2)n1. The van der Waals surface area contributed by atoms with Gasteiger partial charge < -0.3 is 10.6 Å². The molecule has 0 bridgehead atoms. The topological polar surface area (TPSA) is 75.6 Å². The van der Waals surface area contributed by atoms with Gasteiger partial charge >= 0.3 is 0 Å². The quantitative estimate of drug-likeness (QED) is 0.904. The molecule has 3 rings (SSSR count). The highest BCUT2D eigenvalue weighted by atomic mass is 15.1. The normalized spacial score (nSPS) is 21.4. The Morgan fingerprint density at radius 2 is 1.18 bits per heavy atom.